The topological polar surface area (TPSA) is 34.4 Å². The molecule has 106 valence electrons. The van der Waals surface area contributed by atoms with Gasteiger partial charge < -0.3 is 0 Å². The molecule has 0 spiro atoms. The highest BCUT2D eigenvalue weighted by atomic mass is 16.1. The summed E-state index contributed by atoms with van der Waals surface area (Å²) >= 11 is 0. The number of para-hydroxylation sites is 2. The Hall–Kier alpha value is -2.94. The molecule has 0 saturated carbocycles. The molecule has 0 bridgehead atoms. The molecule has 4 rings (SSSR count). The summed E-state index contributed by atoms with van der Waals surface area (Å²) in [6, 6.07) is 13.5. The minimum absolute atomic E-state index is 0.0343. The molecule has 0 fully saturated rings. The minimum atomic E-state index is -0.0343. The Kier molecular flexibility index (Phi) is 2.63. The van der Waals surface area contributed by atoms with Crippen LogP contribution in [-0.2, 0) is 0 Å². The zero-order valence-corrected chi connectivity index (χ0v) is 12.2. The number of pyridine rings is 1. The summed E-state index contributed by atoms with van der Waals surface area (Å²) < 4.78 is 1.71. The van der Waals surface area contributed by atoms with Crippen LogP contribution in [0.25, 0.3) is 39.6 Å². The van der Waals surface area contributed by atoms with Crippen molar-refractivity contribution < 1.29 is 0 Å². The molecule has 0 saturated heterocycles. The van der Waals surface area contributed by atoms with Gasteiger partial charge in [0, 0.05) is 16.0 Å². The van der Waals surface area contributed by atoms with Gasteiger partial charge >= 0.3 is 0 Å². The molecule has 0 atom stereocenters. The van der Waals surface area contributed by atoms with Crippen molar-refractivity contribution in [2.45, 2.75) is 6.92 Å². The van der Waals surface area contributed by atoms with Gasteiger partial charge in [-0.25, -0.2) is 4.98 Å². The summed E-state index contributed by atoms with van der Waals surface area (Å²) in [5.41, 5.74) is 3.30. The Labute approximate surface area is 126 Å². The van der Waals surface area contributed by atoms with E-state index in [1.165, 1.54) is 0 Å². The first kappa shape index (κ1) is 12.8. The van der Waals surface area contributed by atoms with Crippen molar-refractivity contribution >= 4 is 39.6 Å². The van der Waals surface area contributed by atoms with E-state index in [-0.39, 0.29) is 5.56 Å². The van der Waals surface area contributed by atoms with Crippen molar-refractivity contribution in [3.05, 3.63) is 70.2 Å². The summed E-state index contributed by atoms with van der Waals surface area (Å²) in [6.45, 7) is 5.84. The Morgan fingerprint density at radius 1 is 1.14 bits per heavy atom. The summed E-state index contributed by atoms with van der Waals surface area (Å²) in [6.07, 6.45) is 3.80. The first-order valence-electron chi connectivity index (χ1n) is 7.21. The first-order chi connectivity index (χ1) is 10.8. The molecule has 22 heavy (non-hydrogen) atoms. The van der Waals surface area contributed by atoms with Gasteiger partial charge in [-0.2, -0.15) is 0 Å². The second-order valence-corrected chi connectivity index (χ2v) is 5.24. The molecule has 0 aliphatic rings. The highest BCUT2D eigenvalue weighted by molar-refractivity contribution is 5.95. The molecule has 2 aromatic heterocycles. The summed E-state index contributed by atoms with van der Waals surface area (Å²) in [5, 5.41) is 2.59. The SMILES string of the molecule is C=Cc1cccc2c(=O)n3c(nc4ccccc43)/c(=C/C)c12. The molecule has 2 aromatic carbocycles. The number of aromatic nitrogens is 2. The highest BCUT2D eigenvalue weighted by Gasteiger charge is 2.13. The maximum atomic E-state index is 13.0. The van der Waals surface area contributed by atoms with Crippen molar-refractivity contribution in [2.75, 3.05) is 0 Å². The lowest BCUT2D eigenvalue weighted by Gasteiger charge is -2.05. The molecule has 0 amide bonds. The molecular formula is C19H14N2O. The fourth-order valence-electron chi connectivity index (χ4n) is 3.14. The number of nitrogens with zero attached hydrogens (tertiary/aromatic N) is 2. The quantitative estimate of drug-likeness (QED) is 0.538. The van der Waals surface area contributed by atoms with E-state index in [2.05, 4.69) is 11.6 Å². The van der Waals surface area contributed by atoms with E-state index in [1.807, 2.05) is 55.5 Å². The molecule has 0 N–H and O–H groups in total. The molecule has 4 aromatic rings. The fraction of sp³-hybridized carbons (Fsp3) is 0.0526. The molecule has 0 unspecified atom stereocenters. The lowest BCUT2D eigenvalue weighted by atomic mass is 10.0. The monoisotopic (exact) mass is 286 g/mol. The van der Waals surface area contributed by atoms with Crippen molar-refractivity contribution in [3.8, 4) is 0 Å². The van der Waals surface area contributed by atoms with Gasteiger partial charge in [0.1, 0.15) is 5.65 Å². The first-order valence-corrected chi connectivity index (χ1v) is 7.21. The third kappa shape index (κ3) is 1.51. The van der Waals surface area contributed by atoms with Crippen molar-refractivity contribution in [2.24, 2.45) is 0 Å². The number of rotatable bonds is 1. The van der Waals surface area contributed by atoms with E-state index < -0.39 is 0 Å². The van der Waals surface area contributed by atoms with Gasteiger partial charge in [0.25, 0.3) is 5.56 Å². The Balaban J connectivity index is 2.47. The van der Waals surface area contributed by atoms with Gasteiger partial charge in [0.15, 0.2) is 0 Å². The van der Waals surface area contributed by atoms with Gasteiger partial charge in [-0.3, -0.25) is 9.20 Å². The normalized spacial score (nSPS) is 12.5. The summed E-state index contributed by atoms with van der Waals surface area (Å²) in [5.74, 6) is 0. The molecule has 3 nitrogen and oxygen atoms in total. The van der Waals surface area contributed by atoms with E-state index in [4.69, 9.17) is 0 Å². The van der Waals surface area contributed by atoms with E-state index in [9.17, 15) is 4.79 Å². The standard InChI is InChI=1S/C19H14N2O/c1-3-12-8-7-9-14-17(12)13(4-2)18-20-15-10-5-6-11-16(15)21(18)19(14)22/h3-11H,1H2,2H3/b13-4+. The molecule has 0 aliphatic heterocycles. The second kappa shape index (κ2) is 4.53. The van der Waals surface area contributed by atoms with Gasteiger partial charge in [-0.15, -0.1) is 0 Å². The third-order valence-electron chi connectivity index (χ3n) is 4.11. The zero-order valence-electron chi connectivity index (χ0n) is 12.2. The lowest BCUT2D eigenvalue weighted by Crippen LogP contribution is -2.21. The van der Waals surface area contributed by atoms with E-state index in [0.717, 1.165) is 27.2 Å². The van der Waals surface area contributed by atoms with Crippen LogP contribution in [0.15, 0.2) is 53.8 Å². The van der Waals surface area contributed by atoms with Gasteiger partial charge in [-0.1, -0.05) is 43.0 Å². The number of hydrogen-bond donors (Lipinski definition) is 0. The Bertz CT molecular complexity index is 1170. The number of hydrogen-bond acceptors (Lipinski definition) is 2. The van der Waals surface area contributed by atoms with Crippen molar-refractivity contribution in [1.82, 2.24) is 9.38 Å². The van der Waals surface area contributed by atoms with Crippen LogP contribution in [0, 0.1) is 0 Å². The average molecular weight is 286 g/mol. The van der Waals surface area contributed by atoms with Gasteiger partial charge in [-0.05, 0) is 30.7 Å². The van der Waals surface area contributed by atoms with E-state index in [1.54, 1.807) is 10.5 Å². The summed E-state index contributed by atoms with van der Waals surface area (Å²) in [4.78, 5) is 17.6. The Morgan fingerprint density at radius 2 is 1.95 bits per heavy atom. The number of imidazole rings is 1. The van der Waals surface area contributed by atoms with Crippen LogP contribution in [0.1, 0.15) is 12.5 Å². The van der Waals surface area contributed by atoms with Crippen molar-refractivity contribution in [1.29, 1.82) is 0 Å². The predicted molar refractivity (Wildman–Crippen MR) is 91.9 cm³/mol. The van der Waals surface area contributed by atoms with E-state index >= 15 is 0 Å². The van der Waals surface area contributed by atoms with Crippen molar-refractivity contribution in [3.63, 3.8) is 0 Å². The zero-order chi connectivity index (χ0) is 15.3. The van der Waals surface area contributed by atoms with Crippen LogP contribution < -0.4 is 10.8 Å². The molecule has 2 heterocycles. The average Bonchev–Trinajstić information content (AvgIpc) is 2.94. The molecule has 0 aliphatic carbocycles. The van der Waals surface area contributed by atoms with E-state index in [0.29, 0.717) is 11.0 Å². The van der Waals surface area contributed by atoms with Crippen LogP contribution in [0.2, 0.25) is 0 Å². The highest BCUT2D eigenvalue weighted by Crippen LogP contribution is 2.18. The number of fused-ring (bicyclic) bond motifs is 4. The molecule has 3 heteroatoms. The predicted octanol–water partition coefficient (Wildman–Crippen LogP) is 3.16. The Morgan fingerprint density at radius 3 is 2.73 bits per heavy atom. The van der Waals surface area contributed by atoms with Gasteiger partial charge in [0.05, 0.1) is 11.0 Å². The molecule has 0 radical (unpaired) electrons. The van der Waals surface area contributed by atoms with Crippen LogP contribution >= 0.6 is 0 Å². The van der Waals surface area contributed by atoms with Crippen LogP contribution in [0.4, 0.5) is 0 Å². The van der Waals surface area contributed by atoms with Gasteiger partial charge in [0.2, 0.25) is 0 Å². The smallest absolute Gasteiger partial charge is 0.264 e. The maximum absolute atomic E-state index is 13.0. The fourth-order valence-corrected chi connectivity index (χ4v) is 3.14. The minimum Gasteiger partial charge on any atom is -0.268 e. The van der Waals surface area contributed by atoms with Crippen LogP contribution in [-0.4, -0.2) is 9.38 Å². The van der Waals surface area contributed by atoms with Crippen LogP contribution in [0.3, 0.4) is 0 Å². The lowest BCUT2D eigenvalue weighted by molar-refractivity contribution is 1.17. The largest absolute Gasteiger partial charge is 0.268 e. The summed E-state index contributed by atoms with van der Waals surface area (Å²) in [7, 11) is 0. The maximum Gasteiger partial charge on any atom is 0.264 e. The van der Waals surface area contributed by atoms with Crippen LogP contribution in [0.5, 0.6) is 0 Å². The second-order valence-electron chi connectivity index (χ2n) is 5.24. The molecular weight excluding hydrogens is 272 g/mol. The number of benzene rings is 2. The third-order valence-corrected chi connectivity index (χ3v) is 4.11.